The molecule has 0 saturated carbocycles. The lowest BCUT2D eigenvalue weighted by molar-refractivity contribution is -0.140. The van der Waals surface area contributed by atoms with E-state index in [1.807, 2.05) is 18.2 Å². The van der Waals surface area contributed by atoms with Gasteiger partial charge in [-0.2, -0.15) is 0 Å². The Balaban J connectivity index is 0.00000361. The molecule has 2 N–H and O–H groups in total. The predicted octanol–water partition coefficient (Wildman–Crippen LogP) is 1.58. The van der Waals surface area contributed by atoms with E-state index in [1.54, 1.807) is 7.05 Å². The van der Waals surface area contributed by atoms with Gasteiger partial charge < -0.3 is 15.4 Å². The number of hydrogen-bond acceptors (Lipinski definition) is 3. The Morgan fingerprint density at radius 3 is 2.45 bits per heavy atom. The minimum Gasteiger partial charge on any atom is -0.469 e. The molecule has 1 rings (SSSR count). The molecule has 0 radical (unpaired) electrons. The number of carbonyl (C=O) groups excluding carboxylic acids is 1. The molecule has 0 aromatic heterocycles. The van der Waals surface area contributed by atoms with Crippen LogP contribution in [0.3, 0.4) is 0 Å². The molecule has 0 aliphatic rings. The van der Waals surface area contributed by atoms with E-state index >= 15 is 0 Å². The average Bonchev–Trinajstić information content (AvgIpc) is 2.46. The van der Waals surface area contributed by atoms with E-state index in [2.05, 4.69) is 32.5 Å². The Labute approximate surface area is 137 Å². The normalized spacial score (nSPS) is 10.4. The van der Waals surface area contributed by atoms with Crippen LogP contribution in [0.15, 0.2) is 35.3 Å². The van der Waals surface area contributed by atoms with Crippen molar-refractivity contribution < 1.29 is 9.53 Å². The van der Waals surface area contributed by atoms with E-state index < -0.39 is 0 Å². The molecule has 112 valence electrons. The standard InChI is InChI=1S/C14H21N3O2.HI/c1-15-14(17-11-9-13(18)19-2)16-10-8-12-6-4-3-5-7-12;/h3-7H,8-11H2,1-2H3,(H2,15,16,17);1H. The third-order valence-corrected chi connectivity index (χ3v) is 2.62. The highest BCUT2D eigenvalue weighted by atomic mass is 127. The van der Waals surface area contributed by atoms with Crippen molar-refractivity contribution in [1.29, 1.82) is 0 Å². The summed E-state index contributed by atoms with van der Waals surface area (Å²) in [5.41, 5.74) is 1.28. The number of carbonyl (C=O) groups is 1. The zero-order valence-corrected chi connectivity index (χ0v) is 14.2. The monoisotopic (exact) mass is 391 g/mol. The van der Waals surface area contributed by atoms with Crippen molar-refractivity contribution in [2.45, 2.75) is 12.8 Å². The van der Waals surface area contributed by atoms with Gasteiger partial charge in [0.05, 0.1) is 13.5 Å². The van der Waals surface area contributed by atoms with Crippen LogP contribution >= 0.6 is 24.0 Å². The van der Waals surface area contributed by atoms with E-state index in [-0.39, 0.29) is 29.9 Å². The molecule has 0 amide bonds. The number of rotatable bonds is 6. The number of hydrogen-bond donors (Lipinski definition) is 2. The van der Waals surface area contributed by atoms with Crippen LogP contribution in [-0.4, -0.2) is 39.2 Å². The minimum absolute atomic E-state index is 0. The number of halogens is 1. The summed E-state index contributed by atoms with van der Waals surface area (Å²) in [5, 5.41) is 6.26. The summed E-state index contributed by atoms with van der Waals surface area (Å²) in [6.45, 7) is 1.31. The molecule has 1 aromatic rings. The average molecular weight is 391 g/mol. The molecule has 0 heterocycles. The molecule has 20 heavy (non-hydrogen) atoms. The molecule has 6 heteroatoms. The van der Waals surface area contributed by atoms with Crippen LogP contribution in [-0.2, 0) is 16.0 Å². The summed E-state index contributed by atoms with van der Waals surface area (Å²) in [5.74, 6) is 0.465. The lowest BCUT2D eigenvalue weighted by Gasteiger charge is -2.11. The third-order valence-electron chi connectivity index (χ3n) is 2.62. The van der Waals surface area contributed by atoms with Crippen molar-refractivity contribution >= 4 is 35.9 Å². The number of guanidine groups is 1. The molecule has 5 nitrogen and oxygen atoms in total. The van der Waals surface area contributed by atoms with Crippen LogP contribution in [0.5, 0.6) is 0 Å². The number of esters is 1. The van der Waals surface area contributed by atoms with E-state index in [9.17, 15) is 4.79 Å². The number of aliphatic imine (C=N–C) groups is 1. The first-order valence-corrected chi connectivity index (χ1v) is 6.31. The van der Waals surface area contributed by atoms with Gasteiger partial charge in [-0.25, -0.2) is 0 Å². The molecule has 0 aliphatic heterocycles. The molecular formula is C14H22IN3O2. The van der Waals surface area contributed by atoms with Gasteiger partial charge in [0.2, 0.25) is 0 Å². The van der Waals surface area contributed by atoms with E-state index in [0.717, 1.165) is 13.0 Å². The van der Waals surface area contributed by atoms with Gasteiger partial charge in [-0.3, -0.25) is 9.79 Å². The van der Waals surface area contributed by atoms with Gasteiger partial charge in [0, 0.05) is 20.1 Å². The summed E-state index contributed by atoms with van der Waals surface area (Å²) in [7, 11) is 3.09. The van der Waals surface area contributed by atoms with Gasteiger partial charge in [-0.15, -0.1) is 24.0 Å². The number of benzene rings is 1. The quantitative estimate of drug-likeness (QED) is 0.335. The van der Waals surface area contributed by atoms with Gasteiger partial charge in [-0.1, -0.05) is 30.3 Å². The van der Waals surface area contributed by atoms with Crippen molar-refractivity contribution in [2.24, 2.45) is 4.99 Å². The summed E-state index contributed by atoms with van der Waals surface area (Å²) < 4.78 is 4.57. The highest BCUT2D eigenvalue weighted by molar-refractivity contribution is 14.0. The van der Waals surface area contributed by atoms with Crippen molar-refractivity contribution in [2.75, 3.05) is 27.2 Å². The maximum absolute atomic E-state index is 11.0. The fraction of sp³-hybridized carbons (Fsp3) is 0.429. The smallest absolute Gasteiger partial charge is 0.307 e. The summed E-state index contributed by atoms with van der Waals surface area (Å²) >= 11 is 0. The van der Waals surface area contributed by atoms with E-state index in [4.69, 9.17) is 0 Å². The van der Waals surface area contributed by atoms with Crippen molar-refractivity contribution in [1.82, 2.24) is 10.6 Å². The Bertz CT molecular complexity index is 410. The van der Waals surface area contributed by atoms with Crippen LogP contribution < -0.4 is 10.6 Å². The SMILES string of the molecule is CN=C(NCCC(=O)OC)NCCc1ccccc1.I. The second-order valence-electron chi connectivity index (χ2n) is 3.99. The molecule has 0 fully saturated rings. The summed E-state index contributed by atoms with van der Waals surface area (Å²) in [4.78, 5) is 15.0. The number of methoxy groups -OCH3 is 1. The largest absolute Gasteiger partial charge is 0.469 e. The number of nitrogens with zero attached hydrogens (tertiary/aromatic N) is 1. The summed E-state index contributed by atoms with van der Waals surface area (Å²) in [6.07, 6.45) is 1.26. The zero-order valence-electron chi connectivity index (χ0n) is 11.9. The highest BCUT2D eigenvalue weighted by Crippen LogP contribution is 1.97. The first-order chi connectivity index (χ1) is 9.26. The highest BCUT2D eigenvalue weighted by Gasteiger charge is 2.01. The molecule has 0 atom stereocenters. The van der Waals surface area contributed by atoms with Crippen LogP contribution in [0.4, 0.5) is 0 Å². The molecular weight excluding hydrogens is 369 g/mol. The fourth-order valence-corrected chi connectivity index (χ4v) is 1.58. The first kappa shape index (κ1) is 18.7. The Morgan fingerprint density at radius 2 is 1.85 bits per heavy atom. The van der Waals surface area contributed by atoms with Crippen LogP contribution in [0.25, 0.3) is 0 Å². The Kier molecular flexibility index (Phi) is 10.8. The van der Waals surface area contributed by atoms with Crippen molar-refractivity contribution in [3.8, 4) is 0 Å². The van der Waals surface area contributed by atoms with E-state index in [0.29, 0.717) is 18.9 Å². The van der Waals surface area contributed by atoms with Crippen LogP contribution in [0.1, 0.15) is 12.0 Å². The molecule has 0 aliphatic carbocycles. The van der Waals surface area contributed by atoms with Gasteiger partial charge in [0.1, 0.15) is 0 Å². The van der Waals surface area contributed by atoms with Crippen molar-refractivity contribution in [3.05, 3.63) is 35.9 Å². The first-order valence-electron chi connectivity index (χ1n) is 6.31. The third kappa shape index (κ3) is 7.98. The van der Waals surface area contributed by atoms with Gasteiger partial charge in [0.15, 0.2) is 5.96 Å². The Morgan fingerprint density at radius 1 is 1.20 bits per heavy atom. The molecule has 0 unspecified atom stereocenters. The zero-order chi connectivity index (χ0) is 13.9. The second-order valence-corrected chi connectivity index (χ2v) is 3.99. The summed E-state index contributed by atoms with van der Waals surface area (Å²) in [6, 6.07) is 10.2. The van der Waals surface area contributed by atoms with Gasteiger partial charge in [-0.05, 0) is 12.0 Å². The molecule has 0 bridgehead atoms. The lowest BCUT2D eigenvalue weighted by Crippen LogP contribution is -2.39. The number of ether oxygens (including phenoxy) is 1. The number of nitrogens with one attached hydrogen (secondary N) is 2. The molecule has 0 saturated heterocycles. The fourth-order valence-electron chi connectivity index (χ4n) is 1.58. The lowest BCUT2D eigenvalue weighted by atomic mass is 10.1. The maximum atomic E-state index is 11.0. The van der Waals surface area contributed by atoms with Gasteiger partial charge >= 0.3 is 5.97 Å². The maximum Gasteiger partial charge on any atom is 0.307 e. The van der Waals surface area contributed by atoms with E-state index in [1.165, 1.54) is 12.7 Å². The second kappa shape index (κ2) is 11.5. The topological polar surface area (TPSA) is 62.7 Å². The minimum atomic E-state index is -0.229. The Hall–Kier alpha value is -1.31. The van der Waals surface area contributed by atoms with Crippen LogP contribution in [0, 0.1) is 0 Å². The van der Waals surface area contributed by atoms with Gasteiger partial charge in [0.25, 0.3) is 0 Å². The van der Waals surface area contributed by atoms with Crippen LogP contribution in [0.2, 0.25) is 0 Å². The predicted molar refractivity (Wildman–Crippen MR) is 91.6 cm³/mol. The van der Waals surface area contributed by atoms with Crippen molar-refractivity contribution in [3.63, 3.8) is 0 Å². The molecule has 1 aromatic carbocycles. The molecule has 0 spiro atoms.